The molecule has 1 N–H and O–H groups in total. The van der Waals surface area contributed by atoms with Crippen molar-refractivity contribution in [2.24, 2.45) is 0 Å². The van der Waals surface area contributed by atoms with Crippen molar-refractivity contribution >= 4 is 11.7 Å². The second-order valence-electron chi connectivity index (χ2n) is 5.57. The van der Waals surface area contributed by atoms with E-state index in [0.29, 0.717) is 11.1 Å². The van der Waals surface area contributed by atoms with E-state index in [-0.39, 0.29) is 23.6 Å². The minimum atomic E-state index is -1.07. The lowest BCUT2D eigenvalue weighted by atomic mass is 10.0. The lowest BCUT2D eigenvalue weighted by Gasteiger charge is -2.12. The Morgan fingerprint density at radius 1 is 1.00 bits per heavy atom. The Kier molecular flexibility index (Phi) is 4.94. The van der Waals surface area contributed by atoms with Gasteiger partial charge in [-0.1, -0.05) is 54.6 Å². The van der Waals surface area contributed by atoms with Crippen LogP contribution >= 0.6 is 0 Å². The normalized spacial score (nSPS) is 10.3. The van der Waals surface area contributed by atoms with E-state index >= 15 is 0 Å². The first-order valence-corrected chi connectivity index (χ1v) is 7.84. The molecule has 6 heteroatoms. The summed E-state index contributed by atoms with van der Waals surface area (Å²) in [5.41, 5.74) is 1.81. The molecule has 0 amide bonds. The van der Waals surface area contributed by atoms with Crippen LogP contribution in [0.5, 0.6) is 5.75 Å². The van der Waals surface area contributed by atoms with Crippen molar-refractivity contribution in [3.05, 3.63) is 94.0 Å². The molecular formula is C20H15NO5. The maximum atomic E-state index is 11.4. The molecule has 0 aliphatic rings. The van der Waals surface area contributed by atoms with Gasteiger partial charge in [0.2, 0.25) is 5.75 Å². The molecule has 0 aliphatic carbocycles. The van der Waals surface area contributed by atoms with Gasteiger partial charge in [-0.25, -0.2) is 4.79 Å². The summed E-state index contributed by atoms with van der Waals surface area (Å²) in [5, 5.41) is 20.6. The Morgan fingerprint density at radius 3 is 2.42 bits per heavy atom. The molecule has 26 heavy (non-hydrogen) atoms. The molecule has 0 spiro atoms. The van der Waals surface area contributed by atoms with Gasteiger partial charge in [0.15, 0.2) is 0 Å². The molecule has 0 bridgehead atoms. The Hall–Kier alpha value is -3.67. The molecule has 0 radical (unpaired) electrons. The Morgan fingerprint density at radius 2 is 1.73 bits per heavy atom. The molecule has 0 saturated carbocycles. The minimum absolute atomic E-state index is 0.100. The second kappa shape index (κ2) is 7.48. The zero-order valence-corrected chi connectivity index (χ0v) is 13.7. The maximum absolute atomic E-state index is 11.4. The highest BCUT2D eigenvalue weighted by Crippen LogP contribution is 2.38. The molecule has 0 aliphatic heterocycles. The number of nitro groups is 1. The number of carboxylic acids is 1. The van der Waals surface area contributed by atoms with Crippen LogP contribution in [0.2, 0.25) is 0 Å². The van der Waals surface area contributed by atoms with Crippen molar-refractivity contribution in [3.8, 4) is 16.9 Å². The van der Waals surface area contributed by atoms with Crippen LogP contribution in [0.25, 0.3) is 11.1 Å². The van der Waals surface area contributed by atoms with Gasteiger partial charge in [-0.15, -0.1) is 0 Å². The van der Waals surface area contributed by atoms with Crippen molar-refractivity contribution in [2.45, 2.75) is 6.61 Å². The number of nitrogens with zero attached hydrogens (tertiary/aromatic N) is 1. The fourth-order valence-electron chi connectivity index (χ4n) is 2.60. The summed E-state index contributed by atoms with van der Waals surface area (Å²) >= 11 is 0. The molecule has 3 aromatic rings. The Bertz CT molecular complexity index is 953. The average Bonchev–Trinajstić information content (AvgIpc) is 2.67. The van der Waals surface area contributed by atoms with Crippen molar-refractivity contribution in [1.82, 2.24) is 0 Å². The molecule has 3 aromatic carbocycles. The number of ether oxygens (including phenoxy) is 1. The standard InChI is InChI=1S/C20H15NO5/c22-20(23)16-9-4-8-15(12-16)17-10-5-11-18(21(24)25)19(17)26-13-14-6-2-1-3-7-14/h1-12H,13H2,(H,22,23). The molecule has 0 fully saturated rings. The molecule has 0 heterocycles. The number of para-hydroxylation sites is 1. The van der Waals surface area contributed by atoms with Gasteiger partial charge >= 0.3 is 11.7 Å². The number of hydrogen-bond acceptors (Lipinski definition) is 4. The average molecular weight is 349 g/mol. The molecule has 130 valence electrons. The maximum Gasteiger partial charge on any atom is 0.335 e. The number of carboxylic acid groups (broad SMARTS) is 1. The van der Waals surface area contributed by atoms with Crippen LogP contribution in [-0.2, 0) is 6.61 Å². The zero-order valence-electron chi connectivity index (χ0n) is 13.7. The minimum Gasteiger partial charge on any atom is -0.482 e. The van der Waals surface area contributed by atoms with Gasteiger partial charge < -0.3 is 9.84 Å². The third kappa shape index (κ3) is 3.70. The van der Waals surface area contributed by atoms with Crippen LogP contribution in [-0.4, -0.2) is 16.0 Å². The molecule has 0 unspecified atom stereocenters. The quantitative estimate of drug-likeness (QED) is 0.521. The monoisotopic (exact) mass is 349 g/mol. The van der Waals surface area contributed by atoms with Gasteiger partial charge in [0, 0.05) is 11.6 Å². The second-order valence-corrected chi connectivity index (χ2v) is 5.57. The fraction of sp³-hybridized carbons (Fsp3) is 0.0500. The molecule has 3 rings (SSSR count). The Labute approximate surface area is 149 Å². The number of carbonyl (C=O) groups is 1. The van der Waals surface area contributed by atoms with Crippen LogP contribution in [0.3, 0.4) is 0 Å². The summed E-state index contributed by atoms with van der Waals surface area (Å²) < 4.78 is 5.78. The first kappa shape index (κ1) is 17.2. The zero-order chi connectivity index (χ0) is 18.5. The number of rotatable bonds is 6. The van der Waals surface area contributed by atoms with Gasteiger partial charge in [-0.2, -0.15) is 0 Å². The SMILES string of the molecule is O=C(O)c1cccc(-c2cccc([N+](=O)[O-])c2OCc2ccccc2)c1. The van der Waals surface area contributed by atoms with Crippen LogP contribution < -0.4 is 4.74 Å². The van der Waals surface area contributed by atoms with Crippen LogP contribution in [0.4, 0.5) is 5.69 Å². The van der Waals surface area contributed by atoms with Crippen LogP contribution in [0.15, 0.2) is 72.8 Å². The van der Waals surface area contributed by atoms with Gasteiger partial charge in [0.25, 0.3) is 0 Å². The molecule has 0 aromatic heterocycles. The number of hydrogen-bond donors (Lipinski definition) is 1. The van der Waals surface area contributed by atoms with Crippen molar-refractivity contribution < 1.29 is 19.6 Å². The van der Waals surface area contributed by atoms with Crippen molar-refractivity contribution in [3.63, 3.8) is 0 Å². The van der Waals surface area contributed by atoms with E-state index < -0.39 is 10.9 Å². The predicted molar refractivity (Wildman–Crippen MR) is 96.3 cm³/mol. The highest BCUT2D eigenvalue weighted by molar-refractivity contribution is 5.90. The summed E-state index contributed by atoms with van der Waals surface area (Å²) in [6.07, 6.45) is 0. The van der Waals surface area contributed by atoms with E-state index in [0.717, 1.165) is 5.56 Å². The van der Waals surface area contributed by atoms with E-state index in [9.17, 15) is 20.0 Å². The van der Waals surface area contributed by atoms with Gasteiger partial charge in [-0.3, -0.25) is 10.1 Å². The Balaban J connectivity index is 2.04. The first-order valence-electron chi connectivity index (χ1n) is 7.84. The van der Waals surface area contributed by atoms with E-state index in [4.69, 9.17) is 4.74 Å². The van der Waals surface area contributed by atoms with E-state index in [1.165, 1.54) is 18.2 Å². The number of nitro benzene ring substituents is 1. The largest absolute Gasteiger partial charge is 0.482 e. The fourth-order valence-corrected chi connectivity index (χ4v) is 2.60. The van der Waals surface area contributed by atoms with E-state index in [1.807, 2.05) is 30.3 Å². The molecule has 0 saturated heterocycles. The van der Waals surface area contributed by atoms with Crippen molar-refractivity contribution in [2.75, 3.05) is 0 Å². The van der Waals surface area contributed by atoms with Crippen LogP contribution in [0, 0.1) is 10.1 Å². The number of aromatic carboxylic acids is 1. The topological polar surface area (TPSA) is 89.7 Å². The highest BCUT2D eigenvalue weighted by atomic mass is 16.6. The van der Waals surface area contributed by atoms with E-state index in [2.05, 4.69) is 0 Å². The summed E-state index contributed by atoms with van der Waals surface area (Å²) in [5.74, 6) is -0.951. The summed E-state index contributed by atoms with van der Waals surface area (Å²) in [7, 11) is 0. The van der Waals surface area contributed by atoms with Crippen LogP contribution in [0.1, 0.15) is 15.9 Å². The summed E-state index contributed by atoms with van der Waals surface area (Å²) in [6, 6.07) is 20.1. The lowest BCUT2D eigenvalue weighted by molar-refractivity contribution is -0.385. The molecule has 6 nitrogen and oxygen atoms in total. The first-order chi connectivity index (χ1) is 12.6. The van der Waals surface area contributed by atoms with Gasteiger partial charge in [0.1, 0.15) is 6.61 Å². The van der Waals surface area contributed by atoms with Crippen molar-refractivity contribution in [1.29, 1.82) is 0 Å². The summed E-state index contributed by atoms with van der Waals surface area (Å²) in [4.78, 5) is 22.1. The number of benzene rings is 3. The van der Waals surface area contributed by atoms with Gasteiger partial charge in [-0.05, 0) is 23.3 Å². The lowest BCUT2D eigenvalue weighted by Crippen LogP contribution is -2.01. The predicted octanol–water partition coefficient (Wildman–Crippen LogP) is 4.54. The smallest absolute Gasteiger partial charge is 0.335 e. The molecule has 0 atom stereocenters. The third-order valence-electron chi connectivity index (χ3n) is 3.84. The van der Waals surface area contributed by atoms with E-state index in [1.54, 1.807) is 24.3 Å². The summed E-state index contributed by atoms with van der Waals surface area (Å²) in [6.45, 7) is 0.164. The highest BCUT2D eigenvalue weighted by Gasteiger charge is 2.20. The molecular weight excluding hydrogens is 334 g/mol. The third-order valence-corrected chi connectivity index (χ3v) is 3.84. The van der Waals surface area contributed by atoms with Gasteiger partial charge in [0.05, 0.1) is 10.5 Å².